The molecule has 35 atom stereocenters. The molecule has 0 radical (unpaired) electrons. The predicted octanol–water partition coefficient (Wildman–Crippen LogP) is -0.831. The molecule has 21 aliphatic heterocycles. The summed E-state index contributed by atoms with van der Waals surface area (Å²) in [5, 5.41) is 0. The van der Waals surface area contributed by atoms with Crippen LogP contribution in [0.1, 0.15) is 6.42 Å². The van der Waals surface area contributed by atoms with Crippen LogP contribution in [0, 0.1) is 5.92 Å². The summed E-state index contributed by atoms with van der Waals surface area (Å²) in [6.07, 6.45) is -32.5. The van der Waals surface area contributed by atoms with Crippen LogP contribution in [0.4, 0.5) is 0 Å². The molecular weight excluding hydrogens is 1310 g/mol. The molecule has 21 saturated heterocycles. The first-order valence-electron chi connectivity index (χ1n) is 33.0. The summed E-state index contributed by atoms with van der Waals surface area (Å²) in [5.74, 6) is -0.508. The van der Waals surface area contributed by atoms with Crippen molar-refractivity contribution in [1.82, 2.24) is 0 Å². The third kappa shape index (κ3) is 17.8. The van der Waals surface area contributed by atoms with Gasteiger partial charge in [-0.2, -0.15) is 0 Å². The van der Waals surface area contributed by atoms with Crippen LogP contribution in [0.25, 0.3) is 0 Å². The van der Waals surface area contributed by atoms with E-state index in [0.717, 1.165) is 0 Å². The van der Waals surface area contributed by atoms with E-state index in [2.05, 4.69) is 0 Å². The normalized spacial score (nSPS) is 46.1. The van der Waals surface area contributed by atoms with E-state index in [0.29, 0.717) is 0 Å². The van der Waals surface area contributed by atoms with Crippen LogP contribution >= 0.6 is 0 Å². The molecule has 0 spiro atoms. The first kappa shape index (κ1) is 82.3. The maximum absolute atomic E-state index is 7.10. The van der Waals surface area contributed by atoms with Gasteiger partial charge in [0.15, 0.2) is 37.7 Å². The topological polar surface area (TPSA) is 314 Å². The zero-order valence-electron chi connectivity index (χ0n) is 60.7. The highest BCUT2D eigenvalue weighted by molar-refractivity contribution is 5.05. The highest BCUT2D eigenvalue weighted by atomic mass is 16.8. The molecule has 574 valence electrons. The second-order valence-electron chi connectivity index (χ2n) is 25.0. The minimum atomic E-state index is -1.21. The van der Waals surface area contributed by atoms with E-state index in [1.54, 1.807) is 49.8 Å². The lowest BCUT2D eigenvalue weighted by molar-refractivity contribution is -0.402. The van der Waals surface area contributed by atoms with E-state index in [1.807, 2.05) is 0 Å². The monoisotopic (exact) mass is 1430 g/mol. The molecule has 21 fully saturated rings. The third-order valence-corrected chi connectivity index (χ3v) is 19.9. The van der Waals surface area contributed by atoms with Gasteiger partial charge in [-0.15, -0.1) is 0 Å². The molecule has 0 aromatic carbocycles. The molecular formula is C64H114O34. The van der Waals surface area contributed by atoms with E-state index < -0.39 is 215 Å². The smallest absolute Gasteiger partial charge is 0.187 e. The summed E-state index contributed by atoms with van der Waals surface area (Å²) >= 11 is 0. The van der Waals surface area contributed by atoms with Crippen LogP contribution in [0.5, 0.6) is 0 Å². The van der Waals surface area contributed by atoms with Gasteiger partial charge in [0.1, 0.15) is 153 Å². The standard InChI is InChI=1S/C64H114O34/c1-65-23-32-30-22-31-40(73-9)47(74-10)41(33(86-31)24-66-2)93-60-54(81-17)49(76-12)43(35(88-60)26-68-4)95-62-56(83-19)51(78-14)45(37(90-62)28-70-6)97-64-58(85-21)52(79-15)46(38(92-64)29-71-7)98-63-57(84-20)50(77-13)44(36(91-63)27-69-5)96-61-55(82-18)48(75-11)42(34(89-61)25-67-3)94-59(87-32)53(80-16)39(30)72-8/h30-64H,22-29H2,1-21H3/t30-,31-,32?,33?,34?,35?,36?,37?,38?,39-,40+,41-,42-,43-,44-,45-,46-,47?,48-,49?,50?,51?,52-,53?,54-,55?,56-,57-,58?,59-,60-,61-,62-,63-,64-/m1/s1. The predicted molar refractivity (Wildman–Crippen MR) is 332 cm³/mol. The Hall–Kier alpha value is -1.36. The van der Waals surface area contributed by atoms with Gasteiger partial charge in [-0.3, -0.25) is 0 Å². The summed E-state index contributed by atoms with van der Waals surface area (Å²) in [5.41, 5.74) is 0. The minimum absolute atomic E-state index is 0.0134. The molecule has 21 heterocycles. The summed E-state index contributed by atoms with van der Waals surface area (Å²) in [6, 6.07) is 0. The zero-order valence-corrected chi connectivity index (χ0v) is 60.7. The van der Waals surface area contributed by atoms with Crippen molar-refractivity contribution in [2.45, 2.75) is 215 Å². The minimum Gasteiger partial charge on any atom is -0.382 e. The van der Waals surface area contributed by atoms with E-state index >= 15 is 0 Å². The Morgan fingerprint density at radius 2 is 0.357 bits per heavy atom. The highest BCUT2D eigenvalue weighted by Crippen LogP contribution is 2.44. The Kier molecular flexibility index (Phi) is 33.9. The second-order valence-corrected chi connectivity index (χ2v) is 25.0. The van der Waals surface area contributed by atoms with Gasteiger partial charge in [-0.25, -0.2) is 0 Å². The molecule has 34 nitrogen and oxygen atoms in total. The lowest BCUT2D eigenvalue weighted by Gasteiger charge is -2.52. The average molecular weight is 1430 g/mol. The molecule has 0 aliphatic carbocycles. The van der Waals surface area contributed by atoms with Gasteiger partial charge in [0.05, 0.1) is 64.6 Å². The van der Waals surface area contributed by atoms with Gasteiger partial charge < -0.3 is 161 Å². The van der Waals surface area contributed by atoms with Crippen molar-refractivity contribution in [3.05, 3.63) is 0 Å². The highest BCUT2D eigenvalue weighted by Gasteiger charge is 2.62. The van der Waals surface area contributed by atoms with E-state index in [-0.39, 0.29) is 52.7 Å². The molecule has 14 bridgehead atoms. The Balaban J connectivity index is 1.23. The van der Waals surface area contributed by atoms with Crippen LogP contribution in [-0.2, 0) is 161 Å². The number of methoxy groups -OCH3 is 21. The van der Waals surface area contributed by atoms with Crippen molar-refractivity contribution in [3.8, 4) is 0 Å². The summed E-state index contributed by atoms with van der Waals surface area (Å²) in [6.45, 7) is 0.00760. The average Bonchev–Trinajstić information content (AvgIpc) is 0.768. The first-order chi connectivity index (χ1) is 47.7. The van der Waals surface area contributed by atoms with Crippen molar-refractivity contribution in [3.63, 3.8) is 0 Å². The second kappa shape index (κ2) is 40.4. The van der Waals surface area contributed by atoms with E-state index in [4.69, 9.17) is 161 Å². The molecule has 0 amide bonds. The van der Waals surface area contributed by atoms with Gasteiger partial charge >= 0.3 is 0 Å². The van der Waals surface area contributed by atoms with Crippen LogP contribution < -0.4 is 0 Å². The van der Waals surface area contributed by atoms with Crippen molar-refractivity contribution in [2.75, 3.05) is 196 Å². The molecule has 0 aromatic heterocycles. The number of hydrogen-bond donors (Lipinski definition) is 0. The van der Waals surface area contributed by atoms with Crippen molar-refractivity contribution < 1.29 is 161 Å². The first-order valence-corrected chi connectivity index (χ1v) is 33.0. The van der Waals surface area contributed by atoms with E-state index in [1.165, 1.54) is 99.5 Å². The maximum atomic E-state index is 7.10. The van der Waals surface area contributed by atoms with Gasteiger partial charge in [0.25, 0.3) is 0 Å². The molecule has 0 saturated carbocycles. The molecule has 0 aromatic rings. The molecule has 21 rings (SSSR count). The summed E-state index contributed by atoms with van der Waals surface area (Å²) in [4.78, 5) is 0. The van der Waals surface area contributed by atoms with E-state index in [9.17, 15) is 0 Å². The van der Waals surface area contributed by atoms with Crippen LogP contribution in [-0.4, -0.2) is 404 Å². The van der Waals surface area contributed by atoms with Gasteiger partial charge in [-0.05, 0) is 6.42 Å². The molecule has 0 N–H and O–H groups in total. The fraction of sp³-hybridized carbons (Fsp3) is 1.00. The van der Waals surface area contributed by atoms with Crippen LogP contribution in [0.2, 0.25) is 0 Å². The van der Waals surface area contributed by atoms with Crippen molar-refractivity contribution in [2.24, 2.45) is 5.92 Å². The molecule has 14 unspecified atom stereocenters. The van der Waals surface area contributed by atoms with Gasteiger partial charge in [-0.1, -0.05) is 0 Å². The van der Waals surface area contributed by atoms with Crippen molar-refractivity contribution >= 4 is 0 Å². The fourth-order valence-corrected chi connectivity index (χ4v) is 15.5. The summed E-state index contributed by atoms with van der Waals surface area (Å²) < 4.78 is 220. The van der Waals surface area contributed by atoms with Crippen LogP contribution in [0.3, 0.4) is 0 Å². The Labute approximate surface area is 576 Å². The molecule has 21 aliphatic rings. The summed E-state index contributed by atoms with van der Waals surface area (Å²) in [7, 11) is 32.3. The Bertz CT molecular complexity index is 1800. The number of ether oxygens (including phenoxy) is 34. The lowest BCUT2D eigenvalue weighted by Crippen LogP contribution is -2.69. The number of hydrogen-bond acceptors (Lipinski definition) is 34. The van der Waals surface area contributed by atoms with Gasteiger partial charge in [0.2, 0.25) is 0 Å². The number of rotatable bonds is 28. The third-order valence-electron chi connectivity index (χ3n) is 19.9. The fourth-order valence-electron chi connectivity index (χ4n) is 15.5. The van der Waals surface area contributed by atoms with Crippen LogP contribution in [0.15, 0.2) is 0 Å². The van der Waals surface area contributed by atoms with Crippen molar-refractivity contribution in [1.29, 1.82) is 0 Å². The zero-order chi connectivity index (χ0) is 70.9. The maximum Gasteiger partial charge on any atom is 0.187 e. The molecule has 98 heavy (non-hydrogen) atoms. The largest absolute Gasteiger partial charge is 0.382 e. The Morgan fingerprint density at radius 3 is 0.561 bits per heavy atom. The quantitative estimate of drug-likeness (QED) is 0.0923. The molecule has 34 heteroatoms. The Morgan fingerprint density at radius 1 is 0.184 bits per heavy atom. The lowest BCUT2D eigenvalue weighted by atomic mass is 9.81. The SMILES string of the molecule is COCC1O[C@@H]2O[C@@H]3C(COC)O[C@H](O[C@@H]4C(COC)O[C@H](O[C@@H]5C(COC)O[C@H](O[C@@H]6C(COC)O[C@H](C[C@@H]7C(COC)O[C@H](O[C@@H]8C(COC)O[C@H](O[C@H]1C(OC)[C@H]2OC)C(OC)[C@@H]8OC)C(OC)[C@@H]7OC)[C@H](OC)C6OC)[C@H](OC)C5OC)[C@H](OC)C4OC)C(OC)[C@@H]3OC. The van der Waals surface area contributed by atoms with Gasteiger partial charge in [0, 0.05) is 155 Å².